The molecule has 3 aromatic rings. The quantitative estimate of drug-likeness (QED) is 0.471. The molecule has 0 bridgehead atoms. The van der Waals surface area contributed by atoms with E-state index in [0.717, 1.165) is 41.4 Å². The molecule has 0 unspecified atom stereocenters. The standard InChI is InChI=1S/C24H27N3O3/c28-22(27-21-13-7-11-20-12-8-16-26-24(20)21)14-5-2-6-15-25-23(29)18-30-17-19-9-3-1-4-10-19/h1,3-4,7-13,16H,2,5-6,14-15,17-18H2,(H,25,29)(H,27,28). The summed E-state index contributed by atoms with van der Waals surface area (Å²) in [7, 11) is 0. The van der Waals surface area contributed by atoms with Gasteiger partial charge in [-0.05, 0) is 30.5 Å². The van der Waals surface area contributed by atoms with E-state index in [2.05, 4.69) is 15.6 Å². The van der Waals surface area contributed by atoms with Gasteiger partial charge in [0, 0.05) is 24.5 Å². The number of ether oxygens (including phenoxy) is 1. The molecule has 2 N–H and O–H groups in total. The van der Waals surface area contributed by atoms with Gasteiger partial charge in [-0.15, -0.1) is 0 Å². The van der Waals surface area contributed by atoms with Gasteiger partial charge in [0.1, 0.15) is 6.61 Å². The first-order chi connectivity index (χ1) is 14.7. The van der Waals surface area contributed by atoms with E-state index in [-0.39, 0.29) is 18.4 Å². The fraction of sp³-hybridized carbons (Fsp3) is 0.292. The molecule has 0 fully saturated rings. The van der Waals surface area contributed by atoms with Crippen molar-refractivity contribution in [1.82, 2.24) is 10.3 Å². The van der Waals surface area contributed by atoms with Crippen LogP contribution in [0.3, 0.4) is 0 Å². The highest BCUT2D eigenvalue weighted by Crippen LogP contribution is 2.20. The number of amides is 2. The van der Waals surface area contributed by atoms with Crippen LogP contribution in [-0.4, -0.2) is 29.9 Å². The number of benzene rings is 2. The highest BCUT2D eigenvalue weighted by Gasteiger charge is 2.07. The zero-order chi connectivity index (χ0) is 21.0. The molecule has 0 aliphatic carbocycles. The molecule has 0 radical (unpaired) electrons. The predicted molar refractivity (Wildman–Crippen MR) is 118 cm³/mol. The van der Waals surface area contributed by atoms with Crippen molar-refractivity contribution in [3.05, 3.63) is 72.4 Å². The van der Waals surface area contributed by atoms with Gasteiger partial charge in [-0.2, -0.15) is 0 Å². The number of aromatic nitrogens is 1. The zero-order valence-corrected chi connectivity index (χ0v) is 17.0. The fourth-order valence-corrected chi connectivity index (χ4v) is 3.12. The van der Waals surface area contributed by atoms with Crippen LogP contribution in [0.1, 0.15) is 31.2 Å². The summed E-state index contributed by atoms with van der Waals surface area (Å²) in [4.78, 5) is 28.3. The molecule has 156 valence electrons. The Morgan fingerprint density at radius 3 is 2.57 bits per heavy atom. The lowest BCUT2D eigenvalue weighted by Crippen LogP contribution is -2.28. The topological polar surface area (TPSA) is 80.3 Å². The molecule has 0 aliphatic heterocycles. The second-order valence-corrected chi connectivity index (χ2v) is 7.07. The van der Waals surface area contributed by atoms with Gasteiger partial charge in [0.15, 0.2) is 0 Å². The molecule has 2 amide bonds. The van der Waals surface area contributed by atoms with Crippen LogP contribution < -0.4 is 10.6 Å². The maximum atomic E-state index is 12.2. The van der Waals surface area contributed by atoms with E-state index >= 15 is 0 Å². The van der Waals surface area contributed by atoms with Crippen LogP contribution in [0, 0.1) is 0 Å². The van der Waals surface area contributed by atoms with Crippen molar-refractivity contribution in [3.63, 3.8) is 0 Å². The lowest BCUT2D eigenvalue weighted by molar-refractivity contribution is -0.126. The second kappa shape index (κ2) is 11.7. The highest BCUT2D eigenvalue weighted by molar-refractivity contribution is 6.00. The molecule has 2 aromatic carbocycles. The summed E-state index contributed by atoms with van der Waals surface area (Å²) in [5.41, 5.74) is 2.58. The number of anilines is 1. The van der Waals surface area contributed by atoms with Crippen molar-refractivity contribution in [2.75, 3.05) is 18.5 Å². The minimum atomic E-state index is -0.118. The first-order valence-corrected chi connectivity index (χ1v) is 10.2. The van der Waals surface area contributed by atoms with Crippen LogP contribution in [-0.2, 0) is 20.9 Å². The van der Waals surface area contributed by atoms with Gasteiger partial charge >= 0.3 is 0 Å². The third-order valence-electron chi connectivity index (χ3n) is 4.65. The Labute approximate surface area is 176 Å². The van der Waals surface area contributed by atoms with E-state index in [1.807, 2.05) is 60.7 Å². The summed E-state index contributed by atoms with van der Waals surface area (Å²) in [6, 6.07) is 19.3. The Morgan fingerprint density at radius 2 is 1.70 bits per heavy atom. The molecule has 0 aliphatic rings. The van der Waals surface area contributed by atoms with Crippen molar-refractivity contribution in [1.29, 1.82) is 0 Å². The maximum absolute atomic E-state index is 12.2. The van der Waals surface area contributed by atoms with Gasteiger partial charge in [0.2, 0.25) is 11.8 Å². The number of hydrogen-bond donors (Lipinski definition) is 2. The molecule has 6 nitrogen and oxygen atoms in total. The van der Waals surface area contributed by atoms with Crippen LogP contribution in [0.15, 0.2) is 66.9 Å². The first-order valence-electron chi connectivity index (χ1n) is 10.2. The molecule has 3 rings (SSSR count). The monoisotopic (exact) mass is 405 g/mol. The van der Waals surface area contributed by atoms with E-state index in [4.69, 9.17) is 4.74 Å². The Kier molecular flexibility index (Phi) is 8.35. The number of carbonyl (C=O) groups is 2. The van der Waals surface area contributed by atoms with E-state index in [0.29, 0.717) is 19.6 Å². The number of unbranched alkanes of at least 4 members (excludes halogenated alkanes) is 2. The maximum Gasteiger partial charge on any atom is 0.246 e. The molecule has 6 heteroatoms. The number of fused-ring (bicyclic) bond motifs is 1. The smallest absolute Gasteiger partial charge is 0.246 e. The Morgan fingerprint density at radius 1 is 0.867 bits per heavy atom. The van der Waals surface area contributed by atoms with Gasteiger partial charge in [-0.25, -0.2) is 0 Å². The van der Waals surface area contributed by atoms with Gasteiger partial charge in [0.25, 0.3) is 0 Å². The molecule has 1 heterocycles. The third-order valence-corrected chi connectivity index (χ3v) is 4.65. The summed E-state index contributed by atoms with van der Waals surface area (Å²) in [5, 5.41) is 6.79. The molecule has 0 atom stereocenters. The number of rotatable bonds is 11. The first kappa shape index (κ1) is 21.5. The van der Waals surface area contributed by atoms with Crippen LogP contribution in [0.25, 0.3) is 10.9 Å². The number of nitrogens with one attached hydrogen (secondary N) is 2. The third kappa shape index (κ3) is 6.97. The lowest BCUT2D eigenvalue weighted by atomic mass is 10.1. The highest BCUT2D eigenvalue weighted by atomic mass is 16.5. The number of para-hydroxylation sites is 1. The number of pyridine rings is 1. The summed E-state index contributed by atoms with van der Waals surface area (Å²) in [6.45, 7) is 1.06. The zero-order valence-electron chi connectivity index (χ0n) is 17.0. The van der Waals surface area contributed by atoms with Crippen molar-refractivity contribution in [3.8, 4) is 0 Å². The van der Waals surface area contributed by atoms with E-state index < -0.39 is 0 Å². The number of carbonyl (C=O) groups excluding carboxylic acids is 2. The van der Waals surface area contributed by atoms with Crippen molar-refractivity contribution < 1.29 is 14.3 Å². The normalized spacial score (nSPS) is 10.7. The molecule has 0 spiro atoms. The average molecular weight is 405 g/mol. The SMILES string of the molecule is O=C(COCc1ccccc1)NCCCCCC(=O)Nc1cccc2cccnc12. The predicted octanol–water partition coefficient (Wildman–Crippen LogP) is 4.07. The molecular formula is C24H27N3O3. The Hall–Kier alpha value is -3.25. The van der Waals surface area contributed by atoms with Crippen LogP contribution in [0.4, 0.5) is 5.69 Å². The van der Waals surface area contributed by atoms with Crippen molar-refractivity contribution in [2.24, 2.45) is 0 Å². The molecule has 30 heavy (non-hydrogen) atoms. The van der Waals surface area contributed by atoms with E-state index in [1.54, 1.807) is 6.20 Å². The van der Waals surface area contributed by atoms with Crippen LogP contribution >= 0.6 is 0 Å². The van der Waals surface area contributed by atoms with E-state index in [9.17, 15) is 9.59 Å². The second-order valence-electron chi connectivity index (χ2n) is 7.07. The molecule has 0 saturated carbocycles. The number of nitrogens with zero attached hydrogens (tertiary/aromatic N) is 1. The number of hydrogen-bond acceptors (Lipinski definition) is 4. The fourth-order valence-electron chi connectivity index (χ4n) is 3.12. The van der Waals surface area contributed by atoms with Crippen LogP contribution in [0.5, 0.6) is 0 Å². The van der Waals surface area contributed by atoms with Crippen molar-refractivity contribution >= 4 is 28.4 Å². The summed E-state index contributed by atoms with van der Waals surface area (Å²) < 4.78 is 5.41. The summed E-state index contributed by atoms with van der Waals surface area (Å²) in [6.07, 6.45) is 4.63. The molecule has 0 saturated heterocycles. The largest absolute Gasteiger partial charge is 0.367 e. The lowest BCUT2D eigenvalue weighted by Gasteiger charge is -2.08. The minimum absolute atomic E-state index is 0.0218. The summed E-state index contributed by atoms with van der Waals surface area (Å²) >= 11 is 0. The molecule has 1 aromatic heterocycles. The Balaban J connectivity index is 1.25. The Bertz CT molecular complexity index is 955. The minimum Gasteiger partial charge on any atom is -0.367 e. The van der Waals surface area contributed by atoms with Gasteiger partial charge in [0.05, 0.1) is 17.8 Å². The average Bonchev–Trinajstić information content (AvgIpc) is 2.77. The summed E-state index contributed by atoms with van der Waals surface area (Å²) in [5.74, 6) is -0.140. The van der Waals surface area contributed by atoms with Gasteiger partial charge in [-0.1, -0.05) is 55.0 Å². The molecular weight excluding hydrogens is 378 g/mol. The van der Waals surface area contributed by atoms with Crippen LogP contribution in [0.2, 0.25) is 0 Å². The van der Waals surface area contributed by atoms with Gasteiger partial charge < -0.3 is 15.4 Å². The van der Waals surface area contributed by atoms with E-state index in [1.165, 1.54) is 0 Å². The van der Waals surface area contributed by atoms with Crippen molar-refractivity contribution in [2.45, 2.75) is 32.3 Å². The van der Waals surface area contributed by atoms with Gasteiger partial charge in [-0.3, -0.25) is 14.6 Å².